The Morgan fingerprint density at radius 3 is 2.75 bits per heavy atom. The summed E-state index contributed by atoms with van der Waals surface area (Å²) >= 11 is 0. The van der Waals surface area contributed by atoms with Crippen LogP contribution in [-0.2, 0) is 9.53 Å². The van der Waals surface area contributed by atoms with Gasteiger partial charge in [0.25, 0.3) is 6.47 Å². The third-order valence-corrected chi connectivity index (χ3v) is 1.84. The first-order valence-corrected chi connectivity index (χ1v) is 4.55. The molecule has 2 heteroatoms. The van der Waals surface area contributed by atoms with Gasteiger partial charge in [-0.15, -0.1) is 0 Å². The summed E-state index contributed by atoms with van der Waals surface area (Å²) in [4.78, 5) is 10.0. The lowest BCUT2D eigenvalue weighted by molar-refractivity contribution is -0.134. The van der Waals surface area contributed by atoms with Crippen LogP contribution in [0.15, 0.2) is 12.2 Å². The molecule has 0 fully saturated rings. The first-order valence-electron chi connectivity index (χ1n) is 4.55. The van der Waals surface area contributed by atoms with E-state index in [-0.39, 0.29) is 6.10 Å². The summed E-state index contributed by atoms with van der Waals surface area (Å²) in [7, 11) is 0. The Bertz CT molecular complexity index is 130. The van der Waals surface area contributed by atoms with Crippen molar-refractivity contribution < 1.29 is 9.53 Å². The number of allylic oxidation sites excluding steroid dienone is 2. The lowest BCUT2D eigenvalue weighted by atomic mass is 10.1. The normalized spacial score (nSPS) is 13.2. The van der Waals surface area contributed by atoms with Gasteiger partial charge in [-0.25, -0.2) is 0 Å². The summed E-state index contributed by atoms with van der Waals surface area (Å²) in [5.74, 6) is 0. The highest BCUT2D eigenvalue weighted by atomic mass is 16.5. The Kier molecular flexibility index (Phi) is 7.76. The molecule has 12 heavy (non-hydrogen) atoms. The van der Waals surface area contributed by atoms with Crippen molar-refractivity contribution in [3.63, 3.8) is 0 Å². The molecular formula is C10H18O2. The molecule has 0 aliphatic rings. The number of rotatable bonds is 7. The maximum absolute atomic E-state index is 10.0. The smallest absolute Gasteiger partial charge is 0.293 e. The number of hydrogen-bond acceptors (Lipinski definition) is 2. The zero-order valence-electron chi connectivity index (χ0n) is 7.95. The minimum atomic E-state index is 0.118. The molecule has 1 atom stereocenters. The summed E-state index contributed by atoms with van der Waals surface area (Å²) in [6.45, 7) is 4.59. The molecule has 0 heterocycles. The van der Waals surface area contributed by atoms with E-state index in [0.29, 0.717) is 6.47 Å². The average molecular weight is 170 g/mol. The number of carbonyl (C=O) groups excluding carboxylic acids is 1. The highest BCUT2D eigenvalue weighted by Crippen LogP contribution is 2.07. The van der Waals surface area contributed by atoms with E-state index in [9.17, 15) is 4.79 Å². The maximum Gasteiger partial charge on any atom is 0.293 e. The molecule has 0 saturated heterocycles. The first-order chi connectivity index (χ1) is 5.85. The van der Waals surface area contributed by atoms with Crippen LogP contribution in [0.25, 0.3) is 0 Å². The number of unbranched alkanes of at least 4 members (excludes halogenated alkanes) is 1. The second-order valence-corrected chi connectivity index (χ2v) is 2.76. The Hall–Kier alpha value is -0.790. The van der Waals surface area contributed by atoms with Crippen molar-refractivity contribution in [2.75, 3.05) is 0 Å². The van der Waals surface area contributed by atoms with E-state index in [1.807, 2.05) is 19.9 Å². The summed E-state index contributed by atoms with van der Waals surface area (Å²) < 4.78 is 4.87. The Morgan fingerprint density at radius 1 is 1.50 bits per heavy atom. The van der Waals surface area contributed by atoms with Crippen molar-refractivity contribution >= 4 is 6.47 Å². The van der Waals surface area contributed by atoms with Gasteiger partial charge in [0, 0.05) is 0 Å². The van der Waals surface area contributed by atoms with Crippen LogP contribution in [0.3, 0.4) is 0 Å². The lowest BCUT2D eigenvalue weighted by Gasteiger charge is -2.11. The van der Waals surface area contributed by atoms with Gasteiger partial charge in [0.1, 0.15) is 6.10 Å². The Morgan fingerprint density at radius 2 is 2.25 bits per heavy atom. The Labute approximate surface area is 74.6 Å². The fourth-order valence-electron chi connectivity index (χ4n) is 1.08. The third kappa shape index (κ3) is 5.96. The van der Waals surface area contributed by atoms with Crippen molar-refractivity contribution in [3.8, 4) is 0 Å². The molecule has 1 unspecified atom stereocenters. The van der Waals surface area contributed by atoms with Gasteiger partial charge < -0.3 is 4.74 Å². The average Bonchev–Trinajstić information content (AvgIpc) is 2.10. The van der Waals surface area contributed by atoms with E-state index in [1.165, 1.54) is 0 Å². The molecule has 0 spiro atoms. The van der Waals surface area contributed by atoms with Crippen molar-refractivity contribution in [2.24, 2.45) is 0 Å². The molecule has 0 aromatic rings. The highest BCUT2D eigenvalue weighted by molar-refractivity contribution is 5.37. The fraction of sp³-hybridized carbons (Fsp3) is 0.700. The van der Waals surface area contributed by atoms with Crippen LogP contribution in [0.4, 0.5) is 0 Å². The van der Waals surface area contributed by atoms with Crippen molar-refractivity contribution in [1.29, 1.82) is 0 Å². The van der Waals surface area contributed by atoms with Crippen LogP contribution in [-0.4, -0.2) is 12.6 Å². The van der Waals surface area contributed by atoms with Gasteiger partial charge in [-0.05, 0) is 32.6 Å². The van der Waals surface area contributed by atoms with E-state index in [4.69, 9.17) is 4.74 Å². The topological polar surface area (TPSA) is 26.3 Å². The first kappa shape index (κ1) is 11.2. The molecule has 0 rings (SSSR count). The number of hydrogen-bond donors (Lipinski definition) is 0. The van der Waals surface area contributed by atoms with Crippen LogP contribution < -0.4 is 0 Å². The van der Waals surface area contributed by atoms with E-state index in [2.05, 4.69) is 6.08 Å². The molecule has 0 aliphatic carbocycles. The molecule has 0 bridgehead atoms. The van der Waals surface area contributed by atoms with E-state index in [0.717, 1.165) is 25.7 Å². The fourth-order valence-corrected chi connectivity index (χ4v) is 1.08. The Balaban J connectivity index is 3.37. The standard InChI is InChI=1S/C10H18O2/c1-3-5-6-7-8-10(4-2)12-9-11/h3,5,9-10H,4,6-8H2,1-2H3/b5-3-. The van der Waals surface area contributed by atoms with E-state index >= 15 is 0 Å². The van der Waals surface area contributed by atoms with Gasteiger partial charge in [-0.1, -0.05) is 19.1 Å². The quantitative estimate of drug-likeness (QED) is 0.333. The largest absolute Gasteiger partial charge is 0.465 e. The summed E-state index contributed by atoms with van der Waals surface area (Å²) in [6, 6.07) is 0. The summed E-state index contributed by atoms with van der Waals surface area (Å²) in [6.07, 6.45) is 8.35. The van der Waals surface area contributed by atoms with Gasteiger partial charge in [0.05, 0.1) is 0 Å². The van der Waals surface area contributed by atoms with Crippen LogP contribution >= 0.6 is 0 Å². The molecule has 0 N–H and O–H groups in total. The number of ether oxygens (including phenoxy) is 1. The van der Waals surface area contributed by atoms with Crippen molar-refractivity contribution in [3.05, 3.63) is 12.2 Å². The van der Waals surface area contributed by atoms with Crippen LogP contribution in [0.1, 0.15) is 39.5 Å². The summed E-state index contributed by atoms with van der Waals surface area (Å²) in [5, 5.41) is 0. The maximum atomic E-state index is 10.0. The van der Waals surface area contributed by atoms with Gasteiger partial charge in [0.2, 0.25) is 0 Å². The van der Waals surface area contributed by atoms with Gasteiger partial charge >= 0.3 is 0 Å². The predicted molar refractivity (Wildman–Crippen MR) is 49.9 cm³/mol. The van der Waals surface area contributed by atoms with Crippen molar-refractivity contribution in [2.45, 2.75) is 45.6 Å². The molecule has 0 aromatic carbocycles. The third-order valence-electron chi connectivity index (χ3n) is 1.84. The lowest BCUT2D eigenvalue weighted by Crippen LogP contribution is -2.09. The molecular weight excluding hydrogens is 152 g/mol. The number of carbonyl (C=O) groups is 1. The monoisotopic (exact) mass is 170 g/mol. The van der Waals surface area contributed by atoms with Crippen LogP contribution in [0.2, 0.25) is 0 Å². The van der Waals surface area contributed by atoms with Gasteiger partial charge in [-0.3, -0.25) is 4.79 Å². The zero-order chi connectivity index (χ0) is 9.23. The minimum absolute atomic E-state index is 0.118. The molecule has 0 amide bonds. The molecule has 70 valence electrons. The molecule has 0 aliphatic heterocycles. The SMILES string of the molecule is C/C=C\CCCC(CC)OC=O. The van der Waals surface area contributed by atoms with E-state index < -0.39 is 0 Å². The van der Waals surface area contributed by atoms with Crippen LogP contribution in [0.5, 0.6) is 0 Å². The second-order valence-electron chi connectivity index (χ2n) is 2.76. The van der Waals surface area contributed by atoms with Crippen LogP contribution in [0, 0.1) is 0 Å². The highest BCUT2D eigenvalue weighted by Gasteiger charge is 2.03. The molecule has 0 aromatic heterocycles. The van der Waals surface area contributed by atoms with Crippen molar-refractivity contribution in [1.82, 2.24) is 0 Å². The molecule has 2 nitrogen and oxygen atoms in total. The predicted octanol–water partition coefficient (Wildman–Crippen LogP) is 2.68. The van der Waals surface area contributed by atoms with Gasteiger partial charge in [-0.2, -0.15) is 0 Å². The molecule has 0 radical (unpaired) electrons. The van der Waals surface area contributed by atoms with E-state index in [1.54, 1.807) is 0 Å². The van der Waals surface area contributed by atoms with Gasteiger partial charge in [0.15, 0.2) is 0 Å². The minimum Gasteiger partial charge on any atom is -0.465 e. The molecule has 0 saturated carbocycles. The zero-order valence-corrected chi connectivity index (χ0v) is 7.95. The second kappa shape index (κ2) is 8.31. The summed E-state index contributed by atoms with van der Waals surface area (Å²) in [5.41, 5.74) is 0.